The first-order valence-corrected chi connectivity index (χ1v) is 9.39. The Morgan fingerprint density at radius 3 is 2.41 bits per heavy atom. The molecule has 1 heterocycles. The van der Waals surface area contributed by atoms with Crippen molar-refractivity contribution in [3.63, 3.8) is 0 Å². The molecule has 3 rings (SSSR count). The molecule has 152 valence electrons. The smallest absolute Gasteiger partial charge is 0.341 e. The zero-order chi connectivity index (χ0) is 21.0. The van der Waals surface area contributed by atoms with Crippen molar-refractivity contribution >= 4 is 23.5 Å². The molecule has 0 aromatic heterocycles. The highest BCUT2D eigenvalue weighted by molar-refractivity contribution is 5.98. The van der Waals surface area contributed by atoms with Gasteiger partial charge in [-0.15, -0.1) is 0 Å². The van der Waals surface area contributed by atoms with Gasteiger partial charge in [0.05, 0.1) is 5.92 Å². The lowest BCUT2D eigenvalue weighted by molar-refractivity contribution is -0.139. The monoisotopic (exact) mass is 396 g/mol. The van der Waals surface area contributed by atoms with Gasteiger partial charge in [-0.2, -0.15) is 0 Å². The molecule has 7 nitrogen and oxygen atoms in total. The summed E-state index contributed by atoms with van der Waals surface area (Å²) in [6.45, 7) is 2.49. The van der Waals surface area contributed by atoms with E-state index in [0.29, 0.717) is 24.5 Å². The highest BCUT2D eigenvalue weighted by Gasteiger charge is 2.36. The standard InChI is InChI=1S/C22H24N2O5/c1-15-3-5-16(6-4-15)12-24-13-17(11-20(24)25)22(28)23(2)18-7-9-19(10-8-18)29-14-21(26)27/h3-10,17H,11-14H2,1-2H3,(H,26,27). The van der Waals surface area contributed by atoms with Crippen LogP contribution in [0.3, 0.4) is 0 Å². The topological polar surface area (TPSA) is 87.2 Å². The van der Waals surface area contributed by atoms with Gasteiger partial charge in [0.15, 0.2) is 6.61 Å². The van der Waals surface area contributed by atoms with E-state index in [9.17, 15) is 14.4 Å². The van der Waals surface area contributed by atoms with Crippen LogP contribution in [0.4, 0.5) is 5.69 Å². The third-order valence-corrected chi connectivity index (χ3v) is 4.97. The molecule has 0 aliphatic carbocycles. The van der Waals surface area contributed by atoms with Crippen molar-refractivity contribution in [1.82, 2.24) is 4.90 Å². The zero-order valence-corrected chi connectivity index (χ0v) is 16.5. The normalized spacial score (nSPS) is 16.0. The SMILES string of the molecule is Cc1ccc(CN2CC(C(=O)N(C)c3ccc(OCC(=O)O)cc3)CC2=O)cc1. The minimum atomic E-state index is -1.05. The van der Waals surface area contributed by atoms with Crippen LogP contribution in [0.2, 0.25) is 0 Å². The van der Waals surface area contributed by atoms with Crippen molar-refractivity contribution in [1.29, 1.82) is 0 Å². The van der Waals surface area contributed by atoms with Crippen molar-refractivity contribution in [3.05, 3.63) is 59.7 Å². The number of carbonyl (C=O) groups is 3. The third kappa shape index (κ3) is 5.13. The minimum Gasteiger partial charge on any atom is -0.482 e. The number of ether oxygens (including phenoxy) is 1. The van der Waals surface area contributed by atoms with Gasteiger partial charge >= 0.3 is 5.97 Å². The van der Waals surface area contributed by atoms with E-state index >= 15 is 0 Å². The average molecular weight is 396 g/mol. The van der Waals surface area contributed by atoms with Crippen LogP contribution in [0.15, 0.2) is 48.5 Å². The summed E-state index contributed by atoms with van der Waals surface area (Å²) in [5.74, 6) is -1.17. The Balaban J connectivity index is 1.60. The molecule has 0 radical (unpaired) electrons. The molecule has 1 aliphatic heterocycles. The van der Waals surface area contributed by atoms with E-state index in [1.54, 1.807) is 36.2 Å². The number of benzene rings is 2. The Morgan fingerprint density at radius 2 is 1.79 bits per heavy atom. The number of carboxylic acids is 1. The Bertz CT molecular complexity index is 892. The van der Waals surface area contributed by atoms with Crippen LogP contribution in [-0.4, -0.2) is 48.0 Å². The van der Waals surface area contributed by atoms with E-state index in [1.165, 1.54) is 4.90 Å². The molecule has 7 heteroatoms. The molecule has 2 aromatic rings. The number of hydrogen-bond acceptors (Lipinski definition) is 4. The van der Waals surface area contributed by atoms with Crippen molar-refractivity contribution < 1.29 is 24.2 Å². The van der Waals surface area contributed by atoms with Crippen LogP contribution >= 0.6 is 0 Å². The molecule has 1 atom stereocenters. The quantitative estimate of drug-likeness (QED) is 0.777. The summed E-state index contributed by atoms with van der Waals surface area (Å²) >= 11 is 0. The van der Waals surface area contributed by atoms with Crippen LogP contribution in [-0.2, 0) is 20.9 Å². The Labute approximate surface area is 169 Å². The van der Waals surface area contributed by atoms with Crippen LogP contribution in [0.1, 0.15) is 17.5 Å². The molecule has 1 N–H and O–H groups in total. The fourth-order valence-electron chi connectivity index (χ4n) is 3.32. The maximum Gasteiger partial charge on any atom is 0.341 e. The number of aryl methyl sites for hydroxylation is 1. The highest BCUT2D eigenvalue weighted by atomic mass is 16.5. The summed E-state index contributed by atoms with van der Waals surface area (Å²) in [4.78, 5) is 39.1. The maximum atomic E-state index is 12.9. The lowest BCUT2D eigenvalue weighted by atomic mass is 10.1. The van der Waals surface area contributed by atoms with Crippen molar-refractivity contribution in [2.24, 2.45) is 5.92 Å². The Morgan fingerprint density at radius 1 is 1.14 bits per heavy atom. The summed E-state index contributed by atoms with van der Waals surface area (Å²) < 4.78 is 5.10. The number of hydrogen-bond donors (Lipinski definition) is 1. The molecule has 0 spiro atoms. The molecular weight excluding hydrogens is 372 g/mol. The molecule has 29 heavy (non-hydrogen) atoms. The third-order valence-electron chi connectivity index (χ3n) is 4.97. The van der Waals surface area contributed by atoms with Gasteiger partial charge < -0.3 is 19.6 Å². The van der Waals surface area contributed by atoms with Gasteiger partial charge in [-0.25, -0.2) is 4.79 Å². The molecular formula is C22H24N2O5. The number of carbonyl (C=O) groups excluding carboxylic acids is 2. The number of amides is 2. The van der Waals surface area contributed by atoms with Crippen LogP contribution < -0.4 is 9.64 Å². The average Bonchev–Trinajstić information content (AvgIpc) is 3.07. The highest BCUT2D eigenvalue weighted by Crippen LogP contribution is 2.25. The fraction of sp³-hybridized carbons (Fsp3) is 0.318. The summed E-state index contributed by atoms with van der Waals surface area (Å²) in [6.07, 6.45) is 0.203. The van der Waals surface area contributed by atoms with Gasteiger partial charge in [0.2, 0.25) is 11.8 Å². The van der Waals surface area contributed by atoms with Crippen LogP contribution in [0.25, 0.3) is 0 Å². The second kappa shape index (κ2) is 8.77. The largest absolute Gasteiger partial charge is 0.482 e. The summed E-state index contributed by atoms with van der Waals surface area (Å²) in [5.41, 5.74) is 2.86. The van der Waals surface area contributed by atoms with E-state index in [-0.39, 0.29) is 24.2 Å². The number of aliphatic carboxylic acids is 1. The van der Waals surface area contributed by atoms with Gasteiger partial charge in [-0.05, 0) is 36.8 Å². The first-order chi connectivity index (χ1) is 13.8. The van der Waals surface area contributed by atoms with Crippen LogP contribution in [0, 0.1) is 12.8 Å². The van der Waals surface area contributed by atoms with Gasteiger partial charge in [0.25, 0.3) is 0 Å². The fourth-order valence-corrected chi connectivity index (χ4v) is 3.32. The maximum absolute atomic E-state index is 12.9. The molecule has 0 saturated carbocycles. The number of nitrogens with zero attached hydrogens (tertiary/aromatic N) is 2. The van der Waals surface area contributed by atoms with E-state index in [0.717, 1.165) is 11.1 Å². The van der Waals surface area contributed by atoms with Gasteiger partial charge in [-0.1, -0.05) is 29.8 Å². The molecule has 1 saturated heterocycles. The predicted octanol–water partition coefficient (Wildman–Crippen LogP) is 2.47. The zero-order valence-electron chi connectivity index (χ0n) is 16.5. The second-order valence-corrected chi connectivity index (χ2v) is 7.23. The first kappa shape index (κ1) is 20.4. The molecule has 2 amide bonds. The Kier molecular flexibility index (Phi) is 6.16. The van der Waals surface area contributed by atoms with Crippen molar-refractivity contribution in [2.45, 2.75) is 19.9 Å². The number of carboxylic acid groups (broad SMARTS) is 1. The van der Waals surface area contributed by atoms with E-state index in [4.69, 9.17) is 9.84 Å². The summed E-state index contributed by atoms with van der Waals surface area (Å²) in [5, 5.41) is 8.65. The van der Waals surface area contributed by atoms with E-state index < -0.39 is 12.6 Å². The second-order valence-electron chi connectivity index (χ2n) is 7.23. The molecule has 0 bridgehead atoms. The lowest BCUT2D eigenvalue weighted by Crippen LogP contribution is -2.34. The van der Waals surface area contributed by atoms with Gasteiger partial charge in [-0.3, -0.25) is 9.59 Å². The van der Waals surface area contributed by atoms with E-state index in [1.807, 2.05) is 31.2 Å². The first-order valence-electron chi connectivity index (χ1n) is 9.39. The number of likely N-dealkylation sites (tertiary alicyclic amines) is 1. The lowest BCUT2D eigenvalue weighted by Gasteiger charge is -2.22. The Hall–Kier alpha value is -3.35. The molecule has 1 unspecified atom stereocenters. The van der Waals surface area contributed by atoms with Gasteiger partial charge in [0.1, 0.15) is 5.75 Å². The van der Waals surface area contributed by atoms with Crippen molar-refractivity contribution in [2.75, 3.05) is 25.1 Å². The van der Waals surface area contributed by atoms with Crippen LogP contribution in [0.5, 0.6) is 5.75 Å². The molecule has 1 aliphatic rings. The molecule has 1 fully saturated rings. The summed E-state index contributed by atoms with van der Waals surface area (Å²) in [7, 11) is 1.67. The number of anilines is 1. The van der Waals surface area contributed by atoms with Gasteiger partial charge in [0, 0.05) is 32.2 Å². The van der Waals surface area contributed by atoms with E-state index in [2.05, 4.69) is 0 Å². The summed E-state index contributed by atoms with van der Waals surface area (Å²) in [6, 6.07) is 14.6. The number of rotatable bonds is 7. The molecule has 2 aromatic carbocycles. The van der Waals surface area contributed by atoms with Crippen molar-refractivity contribution in [3.8, 4) is 5.75 Å². The minimum absolute atomic E-state index is 0.0188. The predicted molar refractivity (Wildman–Crippen MR) is 108 cm³/mol.